The normalized spacial score (nSPS) is 22.1. The molecule has 0 aromatic carbocycles. The molecule has 0 aliphatic carbocycles. The molecule has 1 fully saturated rings. The fourth-order valence-electron chi connectivity index (χ4n) is 3.79. The maximum absolute atomic E-state index is 11.7. The number of nitrogens with one attached hydrogen (secondary N) is 1. The van der Waals surface area contributed by atoms with Crippen LogP contribution in [0.15, 0.2) is 30.9 Å². The first-order valence-corrected chi connectivity index (χ1v) is 7.92. The molecule has 1 amide bonds. The molecule has 2 unspecified atom stereocenters. The molecule has 3 N–H and O–H groups in total. The van der Waals surface area contributed by atoms with Gasteiger partial charge >= 0.3 is 0 Å². The molecule has 4 rings (SSSR count). The molecule has 1 aliphatic rings. The molecule has 1 saturated heterocycles. The molecule has 6 heteroatoms. The Labute approximate surface area is 133 Å². The first kappa shape index (κ1) is 14.1. The minimum Gasteiger partial charge on any atom is -0.368 e. The molecule has 6 nitrogen and oxygen atoms in total. The molecule has 118 valence electrons. The largest absolute Gasteiger partial charge is 0.368 e. The summed E-state index contributed by atoms with van der Waals surface area (Å²) in [5.41, 5.74) is 7.63. The highest BCUT2D eigenvalue weighted by Crippen LogP contribution is 2.37. The molecule has 1 aliphatic heterocycles. The summed E-state index contributed by atoms with van der Waals surface area (Å²) >= 11 is 0. The van der Waals surface area contributed by atoms with Gasteiger partial charge in [-0.1, -0.05) is 6.92 Å². The van der Waals surface area contributed by atoms with Crippen LogP contribution in [0.3, 0.4) is 0 Å². The van der Waals surface area contributed by atoms with E-state index < -0.39 is 0 Å². The summed E-state index contributed by atoms with van der Waals surface area (Å²) in [6.07, 6.45) is 8.27. The lowest BCUT2D eigenvalue weighted by Gasteiger charge is -2.19. The van der Waals surface area contributed by atoms with Gasteiger partial charge in [-0.05, 0) is 24.6 Å². The summed E-state index contributed by atoms with van der Waals surface area (Å²) in [6, 6.07) is 1.86. The van der Waals surface area contributed by atoms with Crippen molar-refractivity contribution in [3.63, 3.8) is 0 Å². The van der Waals surface area contributed by atoms with Crippen molar-refractivity contribution in [2.75, 3.05) is 13.1 Å². The van der Waals surface area contributed by atoms with Gasteiger partial charge in [-0.3, -0.25) is 14.7 Å². The number of aromatic amines is 1. The number of nitrogens with two attached hydrogens (primary N) is 1. The Hall–Kier alpha value is -2.47. The molecule has 3 aromatic rings. The van der Waals surface area contributed by atoms with Crippen LogP contribution < -0.4 is 5.73 Å². The highest BCUT2D eigenvalue weighted by molar-refractivity contribution is 6.06. The number of aromatic nitrogens is 3. The number of carbonyl (C=O) groups excluding carboxylic acids is 1. The fourth-order valence-corrected chi connectivity index (χ4v) is 3.79. The summed E-state index contributed by atoms with van der Waals surface area (Å²) in [7, 11) is 0. The third-order valence-electron chi connectivity index (χ3n) is 4.91. The third-order valence-corrected chi connectivity index (χ3v) is 4.91. The number of rotatable bonds is 3. The van der Waals surface area contributed by atoms with Gasteiger partial charge in [0.25, 0.3) is 0 Å². The topological polar surface area (TPSA) is 87.9 Å². The maximum Gasteiger partial charge on any atom is 0.234 e. The van der Waals surface area contributed by atoms with Crippen molar-refractivity contribution in [3.05, 3.63) is 36.4 Å². The number of fused-ring (bicyclic) bond motifs is 3. The minimum absolute atomic E-state index is 0.191. The molecule has 0 saturated carbocycles. The lowest BCUT2D eigenvalue weighted by atomic mass is 9.92. The number of nitrogens with zero attached hydrogens (tertiary/aromatic N) is 3. The maximum atomic E-state index is 11.7. The highest BCUT2D eigenvalue weighted by atomic mass is 16.1. The summed E-state index contributed by atoms with van der Waals surface area (Å²) in [6.45, 7) is 3.72. The number of carbonyl (C=O) groups is 1. The molecule has 4 heterocycles. The second-order valence-corrected chi connectivity index (χ2v) is 6.13. The van der Waals surface area contributed by atoms with Crippen molar-refractivity contribution in [2.24, 2.45) is 5.73 Å². The first-order chi connectivity index (χ1) is 11.2. The van der Waals surface area contributed by atoms with Crippen LogP contribution in [0.4, 0.5) is 0 Å². The van der Waals surface area contributed by atoms with Gasteiger partial charge in [-0.2, -0.15) is 0 Å². The Balaban J connectivity index is 1.86. The smallest absolute Gasteiger partial charge is 0.234 e. The summed E-state index contributed by atoms with van der Waals surface area (Å²) < 4.78 is 0. The quantitative estimate of drug-likeness (QED) is 0.772. The van der Waals surface area contributed by atoms with Crippen molar-refractivity contribution >= 4 is 27.7 Å². The van der Waals surface area contributed by atoms with Crippen LogP contribution in [0.1, 0.15) is 24.8 Å². The Bertz CT molecular complexity index is 887. The van der Waals surface area contributed by atoms with Crippen LogP contribution in [0.5, 0.6) is 0 Å². The highest BCUT2D eigenvalue weighted by Gasteiger charge is 2.36. The van der Waals surface area contributed by atoms with E-state index in [0.717, 1.165) is 35.9 Å². The predicted octanol–water partition coefficient (Wildman–Crippen LogP) is 1.77. The zero-order valence-corrected chi connectivity index (χ0v) is 13.0. The van der Waals surface area contributed by atoms with Crippen molar-refractivity contribution in [2.45, 2.75) is 25.3 Å². The van der Waals surface area contributed by atoms with Crippen LogP contribution in [0.25, 0.3) is 21.8 Å². The van der Waals surface area contributed by atoms with Gasteiger partial charge in [0.1, 0.15) is 5.65 Å². The van der Waals surface area contributed by atoms with Crippen molar-refractivity contribution in [3.8, 4) is 0 Å². The third kappa shape index (κ3) is 2.17. The molecule has 2 atom stereocenters. The fraction of sp³-hybridized carbons (Fsp3) is 0.353. The van der Waals surface area contributed by atoms with E-state index in [1.807, 2.05) is 30.9 Å². The molecule has 0 bridgehead atoms. The van der Waals surface area contributed by atoms with Crippen molar-refractivity contribution in [1.29, 1.82) is 0 Å². The Kier molecular flexibility index (Phi) is 3.27. The zero-order valence-electron chi connectivity index (χ0n) is 13.0. The number of hydrogen-bond donors (Lipinski definition) is 2. The Morgan fingerprint density at radius 3 is 3.04 bits per heavy atom. The zero-order chi connectivity index (χ0) is 16.0. The van der Waals surface area contributed by atoms with Crippen LogP contribution in [-0.4, -0.2) is 44.9 Å². The summed E-state index contributed by atoms with van der Waals surface area (Å²) in [4.78, 5) is 25.9. The van der Waals surface area contributed by atoms with E-state index >= 15 is 0 Å². The number of pyridine rings is 2. The monoisotopic (exact) mass is 309 g/mol. The molecule has 23 heavy (non-hydrogen) atoms. The van der Waals surface area contributed by atoms with Gasteiger partial charge in [0.15, 0.2) is 0 Å². The van der Waals surface area contributed by atoms with Gasteiger partial charge in [-0.15, -0.1) is 0 Å². The van der Waals surface area contributed by atoms with Crippen molar-refractivity contribution < 1.29 is 4.79 Å². The number of amides is 1. The summed E-state index contributed by atoms with van der Waals surface area (Å²) in [5, 5.41) is 3.31. The molecule has 3 aromatic heterocycles. The average Bonchev–Trinajstić information content (AvgIpc) is 3.20. The van der Waals surface area contributed by atoms with Gasteiger partial charge in [0.05, 0.1) is 6.04 Å². The van der Waals surface area contributed by atoms with Gasteiger partial charge in [-0.25, -0.2) is 4.98 Å². The number of hydrogen-bond acceptors (Lipinski definition) is 4. The molecule has 0 radical (unpaired) electrons. The van der Waals surface area contributed by atoms with Crippen LogP contribution in [0.2, 0.25) is 0 Å². The van der Waals surface area contributed by atoms with E-state index in [4.69, 9.17) is 5.73 Å². The SMILES string of the molecule is CCN1CC(c2cncc3cnc4[nH]ccc4c23)CC1C(N)=O. The lowest BCUT2D eigenvalue weighted by molar-refractivity contribution is -0.122. The van der Waals surface area contributed by atoms with E-state index in [0.29, 0.717) is 0 Å². The molecular formula is C17H19N5O. The second-order valence-electron chi connectivity index (χ2n) is 6.13. The standard InChI is InChI=1S/C17H19N5O/c1-2-22-9-10(5-14(22)16(18)23)13-8-19-6-11-7-21-17-12(15(11)13)3-4-20-17/h3-4,6-8,10,14H,2,5,9H2,1H3,(H2,18,23)(H,20,21). The first-order valence-electron chi connectivity index (χ1n) is 7.92. The number of H-pyrrole nitrogens is 1. The predicted molar refractivity (Wildman–Crippen MR) is 89.0 cm³/mol. The van der Waals surface area contributed by atoms with Gasteiger partial charge in [0, 0.05) is 53.4 Å². The second kappa shape index (κ2) is 5.31. The van der Waals surface area contributed by atoms with Crippen LogP contribution in [-0.2, 0) is 4.79 Å². The Morgan fingerprint density at radius 2 is 2.30 bits per heavy atom. The van der Waals surface area contributed by atoms with E-state index in [1.54, 1.807) is 0 Å². The van der Waals surface area contributed by atoms with E-state index in [-0.39, 0.29) is 17.9 Å². The van der Waals surface area contributed by atoms with Gasteiger partial charge in [0.2, 0.25) is 5.91 Å². The lowest BCUT2D eigenvalue weighted by Crippen LogP contribution is -2.39. The van der Waals surface area contributed by atoms with Crippen LogP contribution >= 0.6 is 0 Å². The number of likely N-dealkylation sites (tertiary alicyclic amines) is 1. The van der Waals surface area contributed by atoms with E-state index in [9.17, 15) is 4.79 Å². The van der Waals surface area contributed by atoms with E-state index in [1.165, 1.54) is 10.9 Å². The van der Waals surface area contributed by atoms with Crippen LogP contribution in [0, 0.1) is 0 Å². The average molecular weight is 309 g/mol. The van der Waals surface area contributed by atoms with Gasteiger partial charge < -0.3 is 10.7 Å². The summed E-state index contributed by atoms with van der Waals surface area (Å²) in [5.74, 6) is 0.0140. The van der Waals surface area contributed by atoms with Crippen molar-refractivity contribution in [1.82, 2.24) is 19.9 Å². The Morgan fingerprint density at radius 1 is 1.43 bits per heavy atom. The molecular weight excluding hydrogens is 290 g/mol. The number of primary amides is 1. The van der Waals surface area contributed by atoms with E-state index in [2.05, 4.69) is 26.8 Å². The molecule has 0 spiro atoms. The number of likely N-dealkylation sites (N-methyl/N-ethyl adjacent to an activating group) is 1. The minimum atomic E-state index is -0.240.